The van der Waals surface area contributed by atoms with Crippen LogP contribution in [-0.2, 0) is 40.2 Å². The Labute approximate surface area is 328 Å². The zero-order valence-corrected chi connectivity index (χ0v) is 32.7. The van der Waals surface area contributed by atoms with Crippen LogP contribution in [-0.4, -0.2) is 15.0 Å². The summed E-state index contributed by atoms with van der Waals surface area (Å²) in [4.78, 5) is 13.0. The van der Waals surface area contributed by atoms with E-state index in [0.29, 0.717) is 0 Å². The third kappa shape index (κ3) is 11.4. The first-order valence-electron chi connectivity index (χ1n) is 16.1. The van der Waals surface area contributed by atoms with Crippen LogP contribution in [0.3, 0.4) is 0 Å². The monoisotopic (exact) mass is 1010 g/mol. The van der Waals surface area contributed by atoms with Gasteiger partial charge in [0, 0.05) is 58.8 Å². The van der Waals surface area contributed by atoms with Crippen molar-refractivity contribution < 1.29 is 40.2 Å². The van der Waals surface area contributed by atoms with Gasteiger partial charge in [0.15, 0.2) is 0 Å². The quantitative estimate of drug-likeness (QED) is 0.161. The predicted molar refractivity (Wildman–Crippen MR) is 201 cm³/mol. The minimum atomic E-state index is 0. The summed E-state index contributed by atoms with van der Waals surface area (Å²) in [5, 5.41) is 0. The van der Waals surface area contributed by atoms with Crippen molar-refractivity contribution in [3.8, 4) is 56.0 Å². The summed E-state index contributed by atoms with van der Waals surface area (Å²) < 4.78 is 0. The number of aryl methyl sites for hydroxylation is 1. The third-order valence-corrected chi connectivity index (χ3v) is 7.63. The van der Waals surface area contributed by atoms with Gasteiger partial charge in [0.2, 0.25) is 0 Å². The maximum atomic E-state index is 4.42. The Bertz CT molecular complexity index is 2050. The molecule has 0 saturated heterocycles. The van der Waals surface area contributed by atoms with Crippen LogP contribution in [0.25, 0.3) is 56.0 Å². The van der Waals surface area contributed by atoms with Gasteiger partial charge >= 0.3 is 0 Å². The van der Waals surface area contributed by atoms with Crippen molar-refractivity contribution in [2.24, 2.45) is 0 Å². The molecular weight excluding hydrogens is 979 g/mol. The fourth-order valence-corrected chi connectivity index (χ4v) is 5.07. The minimum absolute atomic E-state index is 0. The van der Waals surface area contributed by atoms with Gasteiger partial charge in [-0.15, -0.1) is 108 Å². The predicted octanol–water partition coefficient (Wildman–Crippen LogP) is 11.3. The number of hydrogen-bond acceptors (Lipinski definition) is 3. The summed E-state index contributed by atoms with van der Waals surface area (Å²) in [6.45, 7) is 2.10. The van der Waals surface area contributed by atoms with Gasteiger partial charge in [0.05, 0.1) is 0 Å². The van der Waals surface area contributed by atoms with Crippen molar-refractivity contribution in [1.82, 2.24) is 15.0 Å². The summed E-state index contributed by atoms with van der Waals surface area (Å²) in [5.41, 5.74) is 12.0. The molecule has 0 fully saturated rings. The molecule has 0 atom stereocenters. The Morgan fingerprint density at radius 1 is 0.353 bits per heavy atom. The van der Waals surface area contributed by atoms with Crippen molar-refractivity contribution in [2.45, 2.75) is 6.92 Å². The van der Waals surface area contributed by atoms with Gasteiger partial charge in [-0.05, 0) is 64.5 Å². The fraction of sp³-hybridized carbons (Fsp3) is 0.0217. The molecule has 254 valence electrons. The Morgan fingerprint density at radius 3 is 1.24 bits per heavy atom. The summed E-state index contributed by atoms with van der Waals surface area (Å²) in [6, 6.07) is 66.2. The Balaban J connectivity index is 0.000000172. The van der Waals surface area contributed by atoms with E-state index in [0.717, 1.165) is 33.8 Å². The maximum absolute atomic E-state index is 4.42. The van der Waals surface area contributed by atoms with E-state index in [9.17, 15) is 0 Å². The standard InChI is InChI=1S/C18H14N.C17H12N.C11H8N.2Ir/c1-14-7-9-15(10-8-14)17-11-12-19-18(13-17)16-5-3-2-4-6-16;1-3-7-14(8-4-1)16-11-12-18-17(13-16)15-9-5-2-6-10-15;1-2-6-10(7-3-1)11-8-4-5-9-12-11;;/h2-5,7-13H,1H3;1-9,11-13H;1-6,8-9H;;/q3*-1;;. The summed E-state index contributed by atoms with van der Waals surface area (Å²) >= 11 is 0. The maximum Gasteiger partial charge on any atom is 0.0166 e. The zero-order chi connectivity index (χ0) is 33.5. The van der Waals surface area contributed by atoms with E-state index in [-0.39, 0.29) is 40.2 Å². The first kappa shape index (κ1) is 38.6. The molecule has 8 aromatic rings. The average molecular weight is 1010 g/mol. The van der Waals surface area contributed by atoms with E-state index in [2.05, 4.69) is 88.6 Å². The second-order valence-corrected chi connectivity index (χ2v) is 11.1. The largest absolute Gasteiger partial charge is 0.305 e. The molecule has 5 aromatic carbocycles. The normalized spacial score (nSPS) is 9.75. The van der Waals surface area contributed by atoms with Crippen LogP contribution in [0.2, 0.25) is 0 Å². The van der Waals surface area contributed by atoms with Gasteiger partial charge in [-0.1, -0.05) is 84.4 Å². The number of aromatic nitrogens is 3. The second-order valence-electron chi connectivity index (χ2n) is 11.1. The van der Waals surface area contributed by atoms with Crippen molar-refractivity contribution in [3.05, 3.63) is 212 Å². The Kier molecular flexibility index (Phi) is 15.5. The van der Waals surface area contributed by atoms with E-state index in [4.69, 9.17) is 0 Å². The third-order valence-electron chi connectivity index (χ3n) is 7.63. The Morgan fingerprint density at radius 2 is 0.784 bits per heavy atom. The first-order chi connectivity index (χ1) is 24.2. The molecule has 51 heavy (non-hydrogen) atoms. The molecule has 5 heteroatoms. The number of rotatable bonds is 5. The van der Waals surface area contributed by atoms with Crippen LogP contribution >= 0.6 is 0 Å². The van der Waals surface area contributed by atoms with Crippen LogP contribution in [0.5, 0.6) is 0 Å². The molecule has 3 nitrogen and oxygen atoms in total. The van der Waals surface area contributed by atoms with E-state index < -0.39 is 0 Å². The van der Waals surface area contributed by atoms with Crippen molar-refractivity contribution >= 4 is 0 Å². The van der Waals surface area contributed by atoms with Gasteiger partial charge < -0.3 is 15.0 Å². The van der Waals surface area contributed by atoms with Crippen LogP contribution in [0.4, 0.5) is 0 Å². The minimum Gasteiger partial charge on any atom is -0.305 e. The van der Waals surface area contributed by atoms with Gasteiger partial charge in [0.25, 0.3) is 0 Å². The molecule has 3 heterocycles. The zero-order valence-electron chi connectivity index (χ0n) is 27.9. The van der Waals surface area contributed by atoms with Crippen molar-refractivity contribution in [2.75, 3.05) is 0 Å². The van der Waals surface area contributed by atoms with Gasteiger partial charge in [-0.25, -0.2) is 0 Å². The van der Waals surface area contributed by atoms with Crippen molar-refractivity contribution in [3.63, 3.8) is 0 Å². The van der Waals surface area contributed by atoms with Crippen LogP contribution in [0.15, 0.2) is 188 Å². The van der Waals surface area contributed by atoms with Crippen LogP contribution in [0.1, 0.15) is 5.56 Å². The summed E-state index contributed by atoms with van der Waals surface area (Å²) in [5.74, 6) is 0. The van der Waals surface area contributed by atoms with Gasteiger partial charge in [0.1, 0.15) is 0 Å². The second kappa shape index (κ2) is 20.5. The number of pyridine rings is 3. The molecule has 0 saturated carbocycles. The fourth-order valence-electron chi connectivity index (χ4n) is 5.07. The SMILES string of the molecule is Cc1ccc(-c2ccnc(-c3[c-]cccc3)c2)cc1.[Ir].[Ir].[c-]1ccccc1-c1cc(-c2ccccc2)ccn1.[c-]1ccccc1-c1ccccn1. The molecule has 0 spiro atoms. The smallest absolute Gasteiger partial charge is 0.0166 e. The van der Waals surface area contributed by atoms with E-state index in [1.165, 1.54) is 27.8 Å². The van der Waals surface area contributed by atoms with Gasteiger partial charge in [-0.3, -0.25) is 0 Å². The summed E-state index contributed by atoms with van der Waals surface area (Å²) in [7, 11) is 0. The molecule has 8 rings (SSSR count). The van der Waals surface area contributed by atoms with E-state index >= 15 is 0 Å². The first-order valence-corrected chi connectivity index (χ1v) is 16.1. The topological polar surface area (TPSA) is 38.7 Å². The molecule has 0 bridgehead atoms. The average Bonchev–Trinajstić information content (AvgIpc) is 3.20. The molecule has 3 aromatic heterocycles. The van der Waals surface area contributed by atoms with E-state index in [1.54, 1.807) is 6.20 Å². The molecule has 0 aliphatic rings. The summed E-state index contributed by atoms with van der Waals surface area (Å²) in [6.07, 6.45) is 5.49. The molecular formula is C46H34Ir2N3-3. The Hall–Kier alpha value is -5.15. The van der Waals surface area contributed by atoms with Crippen LogP contribution < -0.4 is 0 Å². The van der Waals surface area contributed by atoms with Gasteiger partial charge in [-0.2, -0.15) is 0 Å². The molecule has 0 amide bonds. The number of hydrogen-bond donors (Lipinski definition) is 0. The van der Waals surface area contributed by atoms with Crippen molar-refractivity contribution in [1.29, 1.82) is 0 Å². The number of nitrogens with zero attached hydrogens (tertiary/aromatic N) is 3. The number of benzene rings is 5. The van der Waals surface area contributed by atoms with E-state index in [1.807, 2.05) is 134 Å². The molecule has 0 N–H and O–H groups in total. The molecule has 0 aliphatic carbocycles. The van der Waals surface area contributed by atoms with Crippen LogP contribution in [0, 0.1) is 25.1 Å². The molecule has 0 aliphatic heterocycles. The molecule has 0 unspecified atom stereocenters. The molecule has 2 radical (unpaired) electrons.